The van der Waals surface area contributed by atoms with E-state index < -0.39 is 26.7 Å². The molecule has 0 aliphatic rings. The number of carboxylic acids is 1. The number of nitriles is 1. The zero-order valence-corrected chi connectivity index (χ0v) is 13.2. The SMILES string of the molecule is N#Cc1ccc(S(=O)(=O)NCCc2cccc(C(=O)O)c2)c(F)c1. The molecule has 8 heteroatoms. The number of rotatable bonds is 6. The number of aromatic carboxylic acids is 1. The zero-order chi connectivity index (χ0) is 17.7. The topological polar surface area (TPSA) is 107 Å². The van der Waals surface area contributed by atoms with Crippen molar-refractivity contribution in [1.82, 2.24) is 4.72 Å². The summed E-state index contributed by atoms with van der Waals surface area (Å²) in [4.78, 5) is 10.3. The normalized spacial score (nSPS) is 11.0. The average molecular weight is 348 g/mol. The Balaban J connectivity index is 2.07. The van der Waals surface area contributed by atoms with Gasteiger partial charge in [-0.3, -0.25) is 0 Å². The van der Waals surface area contributed by atoms with Gasteiger partial charge in [-0.25, -0.2) is 22.3 Å². The maximum atomic E-state index is 13.8. The second-order valence-corrected chi connectivity index (χ2v) is 6.65. The molecule has 0 spiro atoms. The van der Waals surface area contributed by atoms with Crippen molar-refractivity contribution in [3.05, 3.63) is 65.0 Å². The van der Waals surface area contributed by atoms with Crippen LogP contribution in [0.3, 0.4) is 0 Å². The molecule has 0 bridgehead atoms. The van der Waals surface area contributed by atoms with Gasteiger partial charge in [-0.15, -0.1) is 0 Å². The van der Waals surface area contributed by atoms with Gasteiger partial charge in [-0.2, -0.15) is 5.26 Å². The molecule has 2 aromatic rings. The first kappa shape index (κ1) is 17.6. The molecule has 0 saturated heterocycles. The van der Waals surface area contributed by atoms with Crippen LogP contribution in [0.5, 0.6) is 0 Å². The quantitative estimate of drug-likeness (QED) is 0.829. The molecule has 0 aliphatic heterocycles. The van der Waals surface area contributed by atoms with Gasteiger partial charge in [0.25, 0.3) is 0 Å². The standard InChI is InChI=1S/C16H13FN2O4S/c17-14-9-12(10-18)4-5-15(14)24(22,23)19-7-6-11-2-1-3-13(8-11)16(20)21/h1-5,8-9,19H,6-7H2,(H,20,21). The summed E-state index contributed by atoms with van der Waals surface area (Å²) in [6, 6.07) is 10.9. The van der Waals surface area contributed by atoms with Crippen molar-refractivity contribution >= 4 is 16.0 Å². The Morgan fingerprint density at radius 1 is 1.25 bits per heavy atom. The number of sulfonamides is 1. The van der Waals surface area contributed by atoms with E-state index in [9.17, 15) is 17.6 Å². The van der Waals surface area contributed by atoms with Crippen molar-refractivity contribution in [3.8, 4) is 6.07 Å². The van der Waals surface area contributed by atoms with Crippen LogP contribution in [-0.2, 0) is 16.4 Å². The van der Waals surface area contributed by atoms with E-state index in [2.05, 4.69) is 4.72 Å². The van der Waals surface area contributed by atoms with Crippen LogP contribution in [0.1, 0.15) is 21.5 Å². The van der Waals surface area contributed by atoms with E-state index in [0.29, 0.717) is 5.56 Å². The first-order valence-corrected chi connectivity index (χ1v) is 8.33. The van der Waals surface area contributed by atoms with Crippen LogP contribution in [0.4, 0.5) is 4.39 Å². The van der Waals surface area contributed by atoms with Gasteiger partial charge in [-0.1, -0.05) is 12.1 Å². The second-order valence-electron chi connectivity index (χ2n) is 4.91. The summed E-state index contributed by atoms with van der Waals surface area (Å²) in [5.74, 6) is -2.08. The van der Waals surface area contributed by atoms with E-state index in [0.717, 1.165) is 12.1 Å². The smallest absolute Gasteiger partial charge is 0.335 e. The van der Waals surface area contributed by atoms with Crippen LogP contribution in [-0.4, -0.2) is 26.0 Å². The molecule has 6 nitrogen and oxygen atoms in total. The van der Waals surface area contributed by atoms with Crippen molar-refractivity contribution in [2.75, 3.05) is 6.54 Å². The number of nitrogens with zero attached hydrogens (tertiary/aromatic N) is 1. The fraction of sp³-hybridized carbons (Fsp3) is 0.125. The average Bonchev–Trinajstić information content (AvgIpc) is 2.54. The monoisotopic (exact) mass is 348 g/mol. The lowest BCUT2D eigenvalue weighted by atomic mass is 10.1. The Bertz CT molecular complexity index is 920. The summed E-state index contributed by atoms with van der Waals surface area (Å²) in [7, 11) is -4.06. The van der Waals surface area contributed by atoms with Crippen LogP contribution in [0.2, 0.25) is 0 Å². The highest BCUT2D eigenvalue weighted by Gasteiger charge is 2.18. The molecule has 0 radical (unpaired) electrons. The maximum Gasteiger partial charge on any atom is 0.335 e. The first-order chi connectivity index (χ1) is 11.3. The third-order valence-electron chi connectivity index (χ3n) is 3.23. The Labute approximate surface area is 138 Å². The van der Waals surface area contributed by atoms with E-state index in [1.165, 1.54) is 18.2 Å². The van der Waals surface area contributed by atoms with Gasteiger partial charge in [0.15, 0.2) is 0 Å². The van der Waals surface area contributed by atoms with Gasteiger partial charge in [0.2, 0.25) is 10.0 Å². The van der Waals surface area contributed by atoms with Crippen molar-refractivity contribution in [2.24, 2.45) is 0 Å². The number of hydrogen-bond donors (Lipinski definition) is 2. The third kappa shape index (κ3) is 4.16. The molecule has 0 saturated carbocycles. The molecule has 0 unspecified atom stereocenters. The minimum absolute atomic E-state index is 0.0230. The van der Waals surface area contributed by atoms with Crippen LogP contribution >= 0.6 is 0 Å². The van der Waals surface area contributed by atoms with Crippen LogP contribution in [0.15, 0.2) is 47.4 Å². The van der Waals surface area contributed by atoms with Crippen LogP contribution < -0.4 is 4.72 Å². The Morgan fingerprint density at radius 2 is 2.00 bits per heavy atom. The number of hydrogen-bond acceptors (Lipinski definition) is 4. The lowest BCUT2D eigenvalue weighted by Gasteiger charge is -2.08. The molecule has 0 aromatic heterocycles. The summed E-state index contributed by atoms with van der Waals surface area (Å²) in [5.41, 5.74) is 0.767. The van der Waals surface area contributed by atoms with Crippen LogP contribution in [0.25, 0.3) is 0 Å². The highest BCUT2D eigenvalue weighted by molar-refractivity contribution is 7.89. The van der Waals surface area contributed by atoms with Gasteiger partial charge < -0.3 is 5.11 Å². The fourth-order valence-electron chi connectivity index (χ4n) is 2.06. The molecule has 2 N–H and O–H groups in total. The van der Waals surface area contributed by atoms with Crippen molar-refractivity contribution in [2.45, 2.75) is 11.3 Å². The van der Waals surface area contributed by atoms with E-state index in [4.69, 9.17) is 10.4 Å². The zero-order valence-electron chi connectivity index (χ0n) is 12.4. The molecule has 0 fully saturated rings. The summed E-state index contributed by atoms with van der Waals surface area (Å²) in [6.07, 6.45) is 0.248. The molecular formula is C16H13FN2O4S. The minimum Gasteiger partial charge on any atom is -0.478 e. The van der Waals surface area contributed by atoms with E-state index in [1.54, 1.807) is 18.2 Å². The van der Waals surface area contributed by atoms with Crippen molar-refractivity contribution in [3.63, 3.8) is 0 Å². The van der Waals surface area contributed by atoms with Gasteiger partial charge in [-0.05, 0) is 42.3 Å². The molecule has 2 rings (SSSR count). The number of carbonyl (C=O) groups is 1. The van der Waals surface area contributed by atoms with Crippen molar-refractivity contribution in [1.29, 1.82) is 5.26 Å². The molecule has 24 heavy (non-hydrogen) atoms. The largest absolute Gasteiger partial charge is 0.478 e. The van der Waals surface area contributed by atoms with Gasteiger partial charge in [0.05, 0.1) is 17.2 Å². The minimum atomic E-state index is -4.06. The Morgan fingerprint density at radius 3 is 2.62 bits per heavy atom. The predicted octanol–water partition coefficient (Wildman–Crippen LogP) is 1.92. The highest BCUT2D eigenvalue weighted by Crippen LogP contribution is 2.15. The first-order valence-electron chi connectivity index (χ1n) is 6.85. The molecular weight excluding hydrogens is 335 g/mol. The van der Waals surface area contributed by atoms with E-state index in [-0.39, 0.29) is 24.1 Å². The maximum absolute atomic E-state index is 13.8. The van der Waals surface area contributed by atoms with Gasteiger partial charge in [0, 0.05) is 6.54 Å². The Kier molecular flexibility index (Phi) is 5.28. The molecule has 0 aliphatic carbocycles. The Hall–Kier alpha value is -2.76. The van der Waals surface area contributed by atoms with Gasteiger partial charge >= 0.3 is 5.97 Å². The molecule has 2 aromatic carbocycles. The fourth-order valence-corrected chi connectivity index (χ4v) is 3.14. The van der Waals surface area contributed by atoms with E-state index in [1.807, 2.05) is 0 Å². The van der Waals surface area contributed by atoms with E-state index >= 15 is 0 Å². The molecule has 0 amide bonds. The predicted molar refractivity (Wildman–Crippen MR) is 83.4 cm³/mol. The number of halogens is 1. The number of benzene rings is 2. The van der Waals surface area contributed by atoms with Crippen LogP contribution in [0, 0.1) is 17.1 Å². The highest BCUT2D eigenvalue weighted by atomic mass is 32.2. The molecule has 124 valence electrons. The second kappa shape index (κ2) is 7.21. The van der Waals surface area contributed by atoms with Crippen molar-refractivity contribution < 1.29 is 22.7 Å². The molecule has 0 atom stereocenters. The third-order valence-corrected chi connectivity index (χ3v) is 4.72. The number of carboxylic acid groups (broad SMARTS) is 1. The number of nitrogens with one attached hydrogen (secondary N) is 1. The molecule has 0 heterocycles. The summed E-state index contributed by atoms with van der Waals surface area (Å²) in [5, 5.41) is 17.6. The lowest BCUT2D eigenvalue weighted by molar-refractivity contribution is 0.0696. The summed E-state index contributed by atoms with van der Waals surface area (Å²) >= 11 is 0. The lowest BCUT2D eigenvalue weighted by Crippen LogP contribution is -2.26. The summed E-state index contributed by atoms with van der Waals surface area (Å²) < 4.78 is 40.2. The summed E-state index contributed by atoms with van der Waals surface area (Å²) in [6.45, 7) is -0.0230. The van der Waals surface area contributed by atoms with Gasteiger partial charge in [0.1, 0.15) is 10.7 Å².